The Morgan fingerprint density at radius 2 is 2.00 bits per heavy atom. The van der Waals surface area contributed by atoms with Crippen LogP contribution in [0.5, 0.6) is 0 Å². The average Bonchev–Trinajstić information content (AvgIpc) is 3.22. The molecule has 2 heterocycles. The molecule has 2 saturated heterocycles. The Labute approximate surface area is 156 Å². The molecule has 5 heteroatoms. The number of methoxy groups -OCH3 is 1. The van der Waals surface area contributed by atoms with E-state index in [0.29, 0.717) is 26.0 Å². The summed E-state index contributed by atoms with van der Waals surface area (Å²) in [7, 11) is 3.50. The molecule has 3 atom stereocenters. The van der Waals surface area contributed by atoms with Crippen molar-refractivity contribution in [2.45, 2.75) is 51.1 Å². The van der Waals surface area contributed by atoms with Gasteiger partial charge in [-0.15, -0.1) is 0 Å². The Hall–Kier alpha value is -1.88. The largest absolute Gasteiger partial charge is 0.383 e. The van der Waals surface area contributed by atoms with Gasteiger partial charge in [0.15, 0.2) is 0 Å². The summed E-state index contributed by atoms with van der Waals surface area (Å²) in [6.07, 6.45) is 3.91. The third kappa shape index (κ3) is 3.25. The lowest BCUT2D eigenvalue weighted by molar-refractivity contribution is -0.144. The van der Waals surface area contributed by atoms with Gasteiger partial charge in [-0.3, -0.25) is 9.59 Å². The highest BCUT2D eigenvalue weighted by Gasteiger charge is 2.61. The third-order valence-corrected chi connectivity index (χ3v) is 6.10. The van der Waals surface area contributed by atoms with Crippen molar-refractivity contribution in [3.63, 3.8) is 0 Å². The van der Waals surface area contributed by atoms with E-state index in [2.05, 4.69) is 12.1 Å². The van der Waals surface area contributed by atoms with Crippen LogP contribution < -0.4 is 0 Å². The molecule has 5 nitrogen and oxygen atoms in total. The fourth-order valence-corrected chi connectivity index (χ4v) is 4.91. The van der Waals surface area contributed by atoms with Crippen molar-refractivity contribution in [3.8, 4) is 0 Å². The number of amides is 2. The molecule has 2 aliphatic rings. The van der Waals surface area contributed by atoms with Crippen molar-refractivity contribution in [2.24, 2.45) is 5.41 Å². The monoisotopic (exact) mass is 358 g/mol. The molecule has 2 amide bonds. The second-order valence-corrected chi connectivity index (χ2v) is 7.64. The molecule has 0 radical (unpaired) electrons. The number of fused-ring (bicyclic) bond motifs is 2. The first-order chi connectivity index (χ1) is 12.5. The van der Waals surface area contributed by atoms with E-state index in [1.807, 2.05) is 37.1 Å². The van der Waals surface area contributed by atoms with Crippen molar-refractivity contribution in [3.05, 3.63) is 35.9 Å². The van der Waals surface area contributed by atoms with E-state index >= 15 is 0 Å². The summed E-state index contributed by atoms with van der Waals surface area (Å²) in [5.74, 6) is 0.333. The first-order valence-electron chi connectivity index (χ1n) is 9.63. The van der Waals surface area contributed by atoms with E-state index < -0.39 is 5.41 Å². The van der Waals surface area contributed by atoms with Gasteiger partial charge in [-0.1, -0.05) is 37.3 Å². The van der Waals surface area contributed by atoms with Gasteiger partial charge in [0.1, 0.15) is 0 Å². The lowest BCUT2D eigenvalue weighted by Crippen LogP contribution is -2.52. The second kappa shape index (κ2) is 7.78. The first-order valence-corrected chi connectivity index (χ1v) is 9.63. The number of rotatable bonds is 7. The number of hydrogen-bond acceptors (Lipinski definition) is 3. The smallest absolute Gasteiger partial charge is 0.231 e. The number of likely N-dealkylation sites (N-methyl/N-ethyl adjacent to an activating group) is 1. The fraction of sp³-hybridized carbons (Fsp3) is 0.619. The molecule has 0 spiro atoms. The molecule has 0 N–H and O–H groups in total. The average molecular weight is 358 g/mol. The van der Waals surface area contributed by atoms with Crippen molar-refractivity contribution in [1.29, 1.82) is 0 Å². The van der Waals surface area contributed by atoms with E-state index in [0.717, 1.165) is 24.8 Å². The van der Waals surface area contributed by atoms with Gasteiger partial charge in [-0.2, -0.15) is 0 Å². The van der Waals surface area contributed by atoms with E-state index in [1.54, 1.807) is 12.0 Å². The van der Waals surface area contributed by atoms with Gasteiger partial charge in [0.2, 0.25) is 11.8 Å². The highest BCUT2D eigenvalue weighted by atomic mass is 16.5. The van der Waals surface area contributed by atoms with Crippen LogP contribution in [-0.4, -0.2) is 61.0 Å². The van der Waals surface area contributed by atoms with Gasteiger partial charge in [-0.25, -0.2) is 0 Å². The van der Waals surface area contributed by atoms with E-state index in [1.165, 1.54) is 0 Å². The Morgan fingerprint density at radius 1 is 1.27 bits per heavy atom. The zero-order valence-electron chi connectivity index (χ0n) is 16.1. The zero-order chi connectivity index (χ0) is 18.7. The molecule has 0 unspecified atom stereocenters. The molecule has 3 rings (SSSR count). The molecule has 2 fully saturated rings. The van der Waals surface area contributed by atoms with Gasteiger partial charge < -0.3 is 14.5 Å². The summed E-state index contributed by atoms with van der Waals surface area (Å²) in [4.78, 5) is 29.9. The lowest BCUT2D eigenvalue weighted by Gasteiger charge is -2.39. The number of hydrogen-bond donors (Lipinski definition) is 0. The molecule has 2 aliphatic heterocycles. The Balaban J connectivity index is 1.93. The van der Waals surface area contributed by atoms with Crippen LogP contribution in [0.4, 0.5) is 0 Å². The van der Waals surface area contributed by atoms with E-state index in [-0.39, 0.29) is 23.9 Å². The number of nitrogens with zero attached hydrogens (tertiary/aromatic N) is 2. The molecular formula is C21H30N2O3. The molecule has 0 aromatic heterocycles. The summed E-state index contributed by atoms with van der Waals surface area (Å²) >= 11 is 0. The van der Waals surface area contributed by atoms with Gasteiger partial charge in [0.25, 0.3) is 0 Å². The predicted molar refractivity (Wildman–Crippen MR) is 101 cm³/mol. The Morgan fingerprint density at radius 3 is 2.65 bits per heavy atom. The maximum absolute atomic E-state index is 13.6. The highest BCUT2D eigenvalue weighted by Crippen LogP contribution is 2.52. The molecule has 1 aromatic carbocycles. The maximum atomic E-state index is 13.6. The first kappa shape index (κ1) is 18.9. The summed E-state index contributed by atoms with van der Waals surface area (Å²) < 4.78 is 5.16. The second-order valence-electron chi connectivity index (χ2n) is 7.64. The quantitative estimate of drug-likeness (QED) is 0.752. The van der Waals surface area contributed by atoms with Gasteiger partial charge in [-0.05, 0) is 31.2 Å². The van der Waals surface area contributed by atoms with Crippen molar-refractivity contribution < 1.29 is 14.3 Å². The Kier molecular flexibility index (Phi) is 5.66. The summed E-state index contributed by atoms with van der Waals surface area (Å²) in [6.45, 7) is 3.01. The Bertz CT molecular complexity index is 648. The van der Waals surface area contributed by atoms with Crippen LogP contribution in [0.2, 0.25) is 0 Å². The highest BCUT2D eigenvalue weighted by molar-refractivity contribution is 5.87. The molecule has 26 heavy (non-hydrogen) atoms. The van der Waals surface area contributed by atoms with Crippen LogP contribution in [0.25, 0.3) is 0 Å². The van der Waals surface area contributed by atoms with Crippen LogP contribution in [0, 0.1) is 5.41 Å². The molecular weight excluding hydrogens is 328 g/mol. The van der Waals surface area contributed by atoms with Crippen molar-refractivity contribution in [2.75, 3.05) is 27.3 Å². The minimum absolute atomic E-state index is 0.0117. The number of carbonyl (C=O) groups is 2. The zero-order valence-corrected chi connectivity index (χ0v) is 16.1. The van der Waals surface area contributed by atoms with Gasteiger partial charge >= 0.3 is 0 Å². The van der Waals surface area contributed by atoms with Crippen molar-refractivity contribution in [1.82, 2.24) is 9.80 Å². The molecule has 0 saturated carbocycles. The number of benzene rings is 1. The minimum atomic E-state index is -0.516. The molecule has 1 aromatic rings. The van der Waals surface area contributed by atoms with E-state index in [4.69, 9.17) is 4.74 Å². The van der Waals surface area contributed by atoms with Crippen LogP contribution in [0.15, 0.2) is 30.3 Å². The van der Waals surface area contributed by atoms with E-state index in [9.17, 15) is 9.59 Å². The van der Waals surface area contributed by atoms with Crippen molar-refractivity contribution >= 4 is 11.8 Å². The van der Waals surface area contributed by atoms with Gasteiger partial charge in [0, 0.05) is 39.2 Å². The summed E-state index contributed by atoms with van der Waals surface area (Å²) in [6, 6.07) is 10.4. The molecule has 0 aliphatic carbocycles. The summed E-state index contributed by atoms with van der Waals surface area (Å²) in [5.41, 5.74) is 0.648. The standard InChI is InChI=1S/C21H30N2O3/c1-4-19(24)23-17-10-11-18(23)21(15-17,14-16-8-6-5-7-9-16)20(25)22(2)12-13-26-3/h5-9,17-18H,4,10-15H2,1-3H3/t17-,18+,21+/m0/s1. The lowest BCUT2D eigenvalue weighted by atomic mass is 9.69. The number of ether oxygens (including phenoxy) is 1. The third-order valence-electron chi connectivity index (χ3n) is 6.10. The van der Waals surface area contributed by atoms with Gasteiger partial charge in [0.05, 0.1) is 12.0 Å². The molecule has 142 valence electrons. The van der Waals surface area contributed by atoms with Crippen LogP contribution in [0.1, 0.15) is 38.2 Å². The summed E-state index contributed by atoms with van der Waals surface area (Å²) in [5, 5.41) is 0. The van der Waals surface area contributed by atoms with Crippen LogP contribution >= 0.6 is 0 Å². The minimum Gasteiger partial charge on any atom is -0.383 e. The number of carbonyl (C=O) groups excluding carboxylic acids is 2. The topological polar surface area (TPSA) is 49.9 Å². The molecule has 2 bridgehead atoms. The predicted octanol–water partition coefficient (Wildman–Crippen LogP) is 2.49. The van der Waals surface area contributed by atoms with Crippen LogP contribution in [0.3, 0.4) is 0 Å². The normalized spacial score (nSPS) is 27.0. The SMILES string of the molecule is CCC(=O)N1[C@H]2CC[C@@H]1[C@](Cc1ccccc1)(C(=O)N(C)CCOC)C2. The fourth-order valence-electron chi connectivity index (χ4n) is 4.91. The van der Waals surface area contributed by atoms with Crippen LogP contribution in [-0.2, 0) is 20.7 Å². The maximum Gasteiger partial charge on any atom is 0.231 e.